The normalized spacial score (nSPS) is 27.8. The van der Waals surface area contributed by atoms with Gasteiger partial charge in [-0.1, -0.05) is 0 Å². The molecule has 1 atom stereocenters. The molecule has 2 aliphatic rings. The number of aromatic nitrogens is 3. The van der Waals surface area contributed by atoms with Crippen molar-refractivity contribution in [1.29, 1.82) is 0 Å². The van der Waals surface area contributed by atoms with Crippen LogP contribution in [0, 0.1) is 12.8 Å². The number of fused-ring (bicyclic) bond motifs is 1. The van der Waals surface area contributed by atoms with Crippen LogP contribution in [0.2, 0.25) is 0 Å². The Morgan fingerprint density at radius 2 is 1.85 bits per heavy atom. The number of aryl methyl sites for hydroxylation is 1. The Labute approximate surface area is 151 Å². The van der Waals surface area contributed by atoms with E-state index in [0.717, 1.165) is 48.7 Å². The molecule has 1 aliphatic carbocycles. The molecule has 0 bridgehead atoms. The molecule has 142 valence electrons. The number of nitrogens with one attached hydrogen (secondary N) is 1. The predicted molar refractivity (Wildman–Crippen MR) is 93.3 cm³/mol. The molecule has 0 aromatic carbocycles. The quantitative estimate of drug-likeness (QED) is 0.860. The Kier molecular flexibility index (Phi) is 4.67. The lowest BCUT2D eigenvalue weighted by molar-refractivity contribution is -0.182. The molecule has 0 radical (unpaired) electrons. The highest BCUT2D eigenvalue weighted by Gasteiger charge is 2.42. The van der Waals surface area contributed by atoms with Crippen LogP contribution in [-0.4, -0.2) is 33.9 Å². The van der Waals surface area contributed by atoms with Crippen LogP contribution in [0.3, 0.4) is 0 Å². The van der Waals surface area contributed by atoms with Gasteiger partial charge in [0.1, 0.15) is 0 Å². The maximum absolute atomic E-state index is 12.9. The van der Waals surface area contributed by atoms with Crippen molar-refractivity contribution < 1.29 is 13.2 Å². The monoisotopic (exact) mass is 366 g/mol. The zero-order chi connectivity index (χ0) is 18.3. The van der Waals surface area contributed by atoms with Crippen molar-refractivity contribution in [2.45, 2.75) is 63.5 Å². The van der Waals surface area contributed by atoms with Gasteiger partial charge in [0.05, 0.1) is 17.3 Å². The van der Waals surface area contributed by atoms with Crippen LogP contribution < -0.4 is 5.32 Å². The average Bonchev–Trinajstić information content (AvgIpc) is 3.05. The second kappa shape index (κ2) is 6.83. The Bertz CT molecular complexity index is 769. The highest BCUT2D eigenvalue weighted by molar-refractivity contribution is 5.43. The minimum absolute atomic E-state index is 0.105. The highest BCUT2D eigenvalue weighted by Crippen LogP contribution is 2.42. The molecule has 2 aromatic rings. The number of nitrogens with zero attached hydrogens (tertiary/aromatic N) is 3. The van der Waals surface area contributed by atoms with Crippen molar-refractivity contribution in [2.24, 2.45) is 5.92 Å². The van der Waals surface area contributed by atoms with Crippen molar-refractivity contribution in [3.8, 4) is 0 Å². The summed E-state index contributed by atoms with van der Waals surface area (Å²) >= 11 is 0. The Hall–Kier alpha value is -1.63. The van der Waals surface area contributed by atoms with Crippen LogP contribution in [0.5, 0.6) is 0 Å². The van der Waals surface area contributed by atoms with Gasteiger partial charge >= 0.3 is 6.18 Å². The van der Waals surface area contributed by atoms with Gasteiger partial charge in [-0.05, 0) is 58.1 Å². The molecular weight excluding hydrogens is 341 g/mol. The fourth-order valence-corrected chi connectivity index (χ4v) is 4.46. The number of hydrogen-bond acceptors (Lipinski definition) is 3. The molecule has 3 heterocycles. The van der Waals surface area contributed by atoms with E-state index in [1.165, 1.54) is 0 Å². The van der Waals surface area contributed by atoms with Gasteiger partial charge < -0.3 is 5.32 Å². The standard InChI is InChI=1S/C19H25F3N4/c1-12-9-17(14-3-2-8-23-11-14)26-18(24-12)10-16(25-26)13-4-6-15(7-5-13)19(20,21)22/h9-10,13-15,23H,2-8,11H2,1H3/t13?,14-,15?/m1/s1. The van der Waals surface area contributed by atoms with Gasteiger partial charge in [0, 0.05) is 30.1 Å². The van der Waals surface area contributed by atoms with E-state index in [1.807, 2.05) is 17.5 Å². The highest BCUT2D eigenvalue weighted by atomic mass is 19.4. The van der Waals surface area contributed by atoms with E-state index < -0.39 is 12.1 Å². The molecule has 2 fully saturated rings. The molecule has 0 amide bonds. The van der Waals surface area contributed by atoms with Crippen LogP contribution in [0.4, 0.5) is 13.2 Å². The average molecular weight is 366 g/mol. The Morgan fingerprint density at radius 1 is 1.08 bits per heavy atom. The van der Waals surface area contributed by atoms with Crippen molar-refractivity contribution in [2.75, 3.05) is 13.1 Å². The summed E-state index contributed by atoms with van der Waals surface area (Å²) < 4.78 is 40.6. The Morgan fingerprint density at radius 3 is 2.50 bits per heavy atom. The first-order chi connectivity index (χ1) is 12.4. The summed E-state index contributed by atoms with van der Waals surface area (Å²) in [5.41, 5.74) is 3.84. The van der Waals surface area contributed by atoms with Crippen molar-refractivity contribution >= 4 is 5.65 Å². The van der Waals surface area contributed by atoms with Crippen molar-refractivity contribution in [1.82, 2.24) is 19.9 Å². The maximum Gasteiger partial charge on any atom is 0.391 e. The molecule has 26 heavy (non-hydrogen) atoms. The van der Waals surface area contributed by atoms with Crippen LogP contribution >= 0.6 is 0 Å². The third-order valence-corrected chi connectivity index (χ3v) is 5.93. The molecule has 4 nitrogen and oxygen atoms in total. The molecule has 0 spiro atoms. The number of alkyl halides is 3. The summed E-state index contributed by atoms with van der Waals surface area (Å²) in [5, 5.41) is 8.22. The zero-order valence-corrected chi connectivity index (χ0v) is 15.0. The SMILES string of the molecule is Cc1cc([C@@H]2CCCNC2)n2nc(C3CCC(C(F)(F)F)CC3)cc2n1. The van der Waals surface area contributed by atoms with E-state index >= 15 is 0 Å². The molecule has 1 saturated carbocycles. The zero-order valence-electron chi connectivity index (χ0n) is 15.0. The minimum Gasteiger partial charge on any atom is -0.316 e. The molecule has 1 saturated heterocycles. The van der Waals surface area contributed by atoms with E-state index in [1.54, 1.807) is 0 Å². The molecule has 2 aromatic heterocycles. The van der Waals surface area contributed by atoms with Gasteiger partial charge in [-0.2, -0.15) is 18.3 Å². The molecule has 1 N–H and O–H groups in total. The van der Waals surface area contributed by atoms with Gasteiger partial charge in [-0.3, -0.25) is 0 Å². The number of hydrogen-bond donors (Lipinski definition) is 1. The molecule has 4 rings (SSSR count). The number of piperidine rings is 1. The van der Waals surface area contributed by atoms with Crippen molar-refractivity contribution in [3.05, 3.63) is 29.2 Å². The molecular formula is C19H25F3N4. The largest absolute Gasteiger partial charge is 0.391 e. The fraction of sp³-hybridized carbons (Fsp3) is 0.684. The van der Waals surface area contributed by atoms with E-state index in [-0.39, 0.29) is 18.8 Å². The summed E-state index contributed by atoms with van der Waals surface area (Å²) in [5.74, 6) is -0.644. The van der Waals surface area contributed by atoms with E-state index in [0.29, 0.717) is 18.8 Å². The minimum atomic E-state index is -4.07. The van der Waals surface area contributed by atoms with Crippen LogP contribution in [0.15, 0.2) is 12.1 Å². The molecule has 0 unspecified atom stereocenters. The van der Waals surface area contributed by atoms with Gasteiger partial charge in [-0.25, -0.2) is 9.50 Å². The summed E-state index contributed by atoms with van der Waals surface area (Å²) in [6, 6.07) is 4.08. The van der Waals surface area contributed by atoms with Gasteiger partial charge in [0.25, 0.3) is 0 Å². The van der Waals surface area contributed by atoms with Crippen LogP contribution in [0.25, 0.3) is 5.65 Å². The third-order valence-electron chi connectivity index (χ3n) is 5.93. The second-order valence-electron chi connectivity index (χ2n) is 7.80. The van der Waals surface area contributed by atoms with E-state index in [4.69, 9.17) is 5.10 Å². The molecule has 1 aliphatic heterocycles. The summed E-state index contributed by atoms with van der Waals surface area (Å²) in [4.78, 5) is 4.60. The Balaban J connectivity index is 1.60. The predicted octanol–water partition coefficient (Wildman–Crippen LogP) is 4.34. The summed E-state index contributed by atoms with van der Waals surface area (Å²) in [6.07, 6.45) is -0.299. The first-order valence-electron chi connectivity index (χ1n) is 9.56. The first kappa shape index (κ1) is 17.8. The van der Waals surface area contributed by atoms with Crippen molar-refractivity contribution in [3.63, 3.8) is 0 Å². The van der Waals surface area contributed by atoms with Gasteiger partial charge in [-0.15, -0.1) is 0 Å². The van der Waals surface area contributed by atoms with E-state index in [9.17, 15) is 13.2 Å². The smallest absolute Gasteiger partial charge is 0.316 e. The number of rotatable bonds is 2. The summed E-state index contributed by atoms with van der Waals surface area (Å²) in [6.45, 7) is 3.97. The number of halogens is 3. The first-order valence-corrected chi connectivity index (χ1v) is 9.56. The fourth-order valence-electron chi connectivity index (χ4n) is 4.46. The lowest BCUT2D eigenvalue weighted by Gasteiger charge is -2.28. The van der Waals surface area contributed by atoms with Gasteiger partial charge in [0.15, 0.2) is 5.65 Å². The lowest BCUT2D eigenvalue weighted by Crippen LogP contribution is -2.29. The summed E-state index contributed by atoms with van der Waals surface area (Å²) in [7, 11) is 0. The lowest BCUT2D eigenvalue weighted by atomic mass is 9.80. The van der Waals surface area contributed by atoms with Crippen LogP contribution in [-0.2, 0) is 0 Å². The topological polar surface area (TPSA) is 42.2 Å². The third kappa shape index (κ3) is 3.46. The van der Waals surface area contributed by atoms with Crippen LogP contribution in [0.1, 0.15) is 67.4 Å². The molecule has 7 heteroatoms. The maximum atomic E-state index is 12.9. The van der Waals surface area contributed by atoms with E-state index in [2.05, 4.69) is 16.4 Å². The van der Waals surface area contributed by atoms with Gasteiger partial charge in [0.2, 0.25) is 0 Å². The second-order valence-corrected chi connectivity index (χ2v) is 7.80.